The SMILES string of the molecule is CCC(C#N)(CCCNCCc1cccc(OC)c1)c1ccc(OC)c(OC)c1. The van der Waals surface area contributed by atoms with Crippen LogP contribution >= 0.6 is 0 Å². The molecule has 0 spiro atoms. The molecule has 5 nitrogen and oxygen atoms in total. The molecule has 156 valence electrons. The number of rotatable bonds is 12. The van der Waals surface area contributed by atoms with Gasteiger partial charge < -0.3 is 19.5 Å². The van der Waals surface area contributed by atoms with Crippen LogP contribution in [0.15, 0.2) is 42.5 Å². The van der Waals surface area contributed by atoms with Gasteiger partial charge in [0.25, 0.3) is 0 Å². The van der Waals surface area contributed by atoms with E-state index in [0.717, 1.165) is 50.1 Å². The maximum absolute atomic E-state index is 9.97. The Kier molecular flexibility index (Phi) is 8.82. The molecular weight excluding hydrogens is 364 g/mol. The van der Waals surface area contributed by atoms with E-state index in [2.05, 4.69) is 30.4 Å². The maximum atomic E-state index is 9.97. The Morgan fingerprint density at radius 3 is 2.41 bits per heavy atom. The zero-order chi connectivity index (χ0) is 21.1. The number of ether oxygens (including phenoxy) is 3. The summed E-state index contributed by atoms with van der Waals surface area (Å²) in [5.41, 5.74) is 1.72. The van der Waals surface area contributed by atoms with Crippen molar-refractivity contribution in [2.24, 2.45) is 0 Å². The summed E-state index contributed by atoms with van der Waals surface area (Å²) in [7, 11) is 4.92. The van der Waals surface area contributed by atoms with Crippen LogP contribution in [0.1, 0.15) is 37.3 Å². The summed E-state index contributed by atoms with van der Waals surface area (Å²) >= 11 is 0. The van der Waals surface area contributed by atoms with Crippen LogP contribution in [0.2, 0.25) is 0 Å². The molecule has 0 saturated carbocycles. The zero-order valence-corrected chi connectivity index (χ0v) is 18.0. The molecule has 0 aliphatic heterocycles. The summed E-state index contributed by atoms with van der Waals surface area (Å²) < 4.78 is 16.0. The Balaban J connectivity index is 1.89. The first kappa shape index (κ1) is 22.6. The molecule has 0 bridgehead atoms. The minimum atomic E-state index is -0.520. The highest BCUT2D eigenvalue weighted by molar-refractivity contribution is 5.47. The average Bonchev–Trinajstić information content (AvgIpc) is 2.78. The van der Waals surface area contributed by atoms with Crippen molar-refractivity contribution in [2.75, 3.05) is 34.4 Å². The van der Waals surface area contributed by atoms with Crippen LogP contribution in [-0.2, 0) is 11.8 Å². The molecule has 1 unspecified atom stereocenters. The van der Waals surface area contributed by atoms with Crippen LogP contribution in [0.5, 0.6) is 17.2 Å². The van der Waals surface area contributed by atoms with Crippen molar-refractivity contribution >= 4 is 0 Å². The van der Waals surface area contributed by atoms with Crippen LogP contribution in [0, 0.1) is 11.3 Å². The third-order valence-electron chi connectivity index (χ3n) is 5.44. The van der Waals surface area contributed by atoms with Crippen LogP contribution in [0.3, 0.4) is 0 Å². The largest absolute Gasteiger partial charge is 0.497 e. The Hall–Kier alpha value is -2.71. The van der Waals surface area contributed by atoms with Gasteiger partial charge in [-0.3, -0.25) is 0 Å². The van der Waals surface area contributed by atoms with Crippen molar-refractivity contribution in [1.29, 1.82) is 5.26 Å². The minimum absolute atomic E-state index is 0.520. The third-order valence-corrected chi connectivity index (χ3v) is 5.44. The topological polar surface area (TPSA) is 63.5 Å². The van der Waals surface area contributed by atoms with E-state index in [1.807, 2.05) is 30.3 Å². The predicted molar refractivity (Wildman–Crippen MR) is 116 cm³/mol. The first-order valence-corrected chi connectivity index (χ1v) is 10.1. The molecule has 0 amide bonds. The summed E-state index contributed by atoms with van der Waals surface area (Å²) in [5.74, 6) is 2.23. The molecule has 0 saturated heterocycles. The molecule has 2 aromatic carbocycles. The lowest BCUT2D eigenvalue weighted by molar-refractivity contribution is 0.352. The summed E-state index contributed by atoms with van der Waals surface area (Å²) in [5, 5.41) is 13.5. The molecular formula is C24H32N2O3. The number of hydrogen-bond donors (Lipinski definition) is 1. The van der Waals surface area contributed by atoms with Crippen LogP contribution in [0.4, 0.5) is 0 Å². The molecule has 0 fully saturated rings. The summed E-state index contributed by atoms with van der Waals surface area (Å²) in [4.78, 5) is 0. The highest BCUT2D eigenvalue weighted by Gasteiger charge is 2.30. The van der Waals surface area contributed by atoms with Crippen molar-refractivity contribution in [3.05, 3.63) is 53.6 Å². The first-order valence-electron chi connectivity index (χ1n) is 10.1. The van der Waals surface area contributed by atoms with Crippen LogP contribution < -0.4 is 19.5 Å². The van der Waals surface area contributed by atoms with Crippen LogP contribution in [0.25, 0.3) is 0 Å². The number of nitriles is 1. The Morgan fingerprint density at radius 2 is 1.76 bits per heavy atom. The fourth-order valence-electron chi connectivity index (χ4n) is 3.56. The van der Waals surface area contributed by atoms with E-state index < -0.39 is 5.41 Å². The number of nitrogens with zero attached hydrogens (tertiary/aromatic N) is 1. The van der Waals surface area contributed by atoms with Crippen molar-refractivity contribution < 1.29 is 14.2 Å². The number of hydrogen-bond acceptors (Lipinski definition) is 5. The maximum Gasteiger partial charge on any atom is 0.161 e. The van der Waals surface area contributed by atoms with Gasteiger partial charge in [0.2, 0.25) is 0 Å². The molecule has 0 aliphatic carbocycles. The second kappa shape index (κ2) is 11.3. The predicted octanol–water partition coefficient (Wildman–Crippen LogP) is 4.50. The molecule has 0 aromatic heterocycles. The lowest BCUT2D eigenvalue weighted by atomic mass is 9.75. The highest BCUT2D eigenvalue weighted by atomic mass is 16.5. The second-order valence-corrected chi connectivity index (χ2v) is 7.07. The van der Waals surface area contributed by atoms with Gasteiger partial charge in [0.1, 0.15) is 5.75 Å². The normalized spacial score (nSPS) is 12.7. The molecule has 2 aromatic rings. The fourth-order valence-corrected chi connectivity index (χ4v) is 3.56. The van der Waals surface area contributed by atoms with Crippen molar-refractivity contribution in [2.45, 2.75) is 38.0 Å². The van der Waals surface area contributed by atoms with E-state index in [4.69, 9.17) is 14.2 Å². The number of nitrogens with one attached hydrogen (secondary N) is 1. The molecule has 2 rings (SSSR count). The standard InChI is InChI=1S/C24H32N2O3/c1-5-24(18-25,20-10-11-22(28-3)23(17-20)29-4)13-7-14-26-15-12-19-8-6-9-21(16-19)27-2/h6,8-11,16-17,26H,5,7,12-15H2,1-4H3. The smallest absolute Gasteiger partial charge is 0.161 e. The zero-order valence-electron chi connectivity index (χ0n) is 18.0. The summed E-state index contributed by atoms with van der Waals surface area (Å²) in [6.07, 6.45) is 3.42. The lowest BCUT2D eigenvalue weighted by Gasteiger charge is -2.26. The molecule has 5 heteroatoms. The van der Waals surface area contributed by atoms with Gasteiger partial charge in [-0.15, -0.1) is 0 Å². The first-order chi connectivity index (χ1) is 14.1. The van der Waals surface area contributed by atoms with E-state index in [0.29, 0.717) is 11.5 Å². The Labute approximate surface area is 174 Å². The van der Waals surface area contributed by atoms with Gasteiger partial charge in [-0.2, -0.15) is 5.26 Å². The Bertz CT molecular complexity index is 816. The molecule has 29 heavy (non-hydrogen) atoms. The summed E-state index contributed by atoms with van der Waals surface area (Å²) in [6.45, 7) is 3.84. The van der Waals surface area contributed by atoms with E-state index in [1.54, 1.807) is 21.3 Å². The van der Waals surface area contributed by atoms with E-state index in [-0.39, 0.29) is 0 Å². The molecule has 0 aliphatic rings. The number of benzene rings is 2. The minimum Gasteiger partial charge on any atom is -0.497 e. The van der Waals surface area contributed by atoms with E-state index >= 15 is 0 Å². The van der Waals surface area contributed by atoms with Gasteiger partial charge in [-0.25, -0.2) is 0 Å². The number of methoxy groups -OCH3 is 3. The van der Waals surface area contributed by atoms with Crippen LogP contribution in [-0.4, -0.2) is 34.4 Å². The third kappa shape index (κ3) is 5.88. The van der Waals surface area contributed by atoms with Gasteiger partial charge in [-0.1, -0.05) is 25.1 Å². The van der Waals surface area contributed by atoms with Crippen molar-refractivity contribution in [3.63, 3.8) is 0 Å². The molecule has 1 atom stereocenters. The molecule has 0 radical (unpaired) electrons. The van der Waals surface area contributed by atoms with Gasteiger partial charge in [0.05, 0.1) is 32.8 Å². The summed E-state index contributed by atoms with van der Waals surface area (Å²) in [6, 6.07) is 16.5. The van der Waals surface area contributed by atoms with E-state index in [1.165, 1.54) is 5.56 Å². The van der Waals surface area contributed by atoms with Gasteiger partial charge in [0.15, 0.2) is 11.5 Å². The van der Waals surface area contributed by atoms with Gasteiger partial charge >= 0.3 is 0 Å². The molecule has 1 N–H and O–H groups in total. The molecule has 0 heterocycles. The lowest BCUT2D eigenvalue weighted by Crippen LogP contribution is -2.26. The second-order valence-electron chi connectivity index (χ2n) is 7.07. The monoisotopic (exact) mass is 396 g/mol. The Morgan fingerprint density at radius 1 is 0.966 bits per heavy atom. The highest BCUT2D eigenvalue weighted by Crippen LogP contribution is 2.37. The quantitative estimate of drug-likeness (QED) is 0.535. The van der Waals surface area contributed by atoms with Gasteiger partial charge in [0, 0.05) is 0 Å². The van der Waals surface area contributed by atoms with Crippen molar-refractivity contribution in [3.8, 4) is 23.3 Å². The van der Waals surface area contributed by atoms with Crippen molar-refractivity contribution in [1.82, 2.24) is 5.32 Å². The average molecular weight is 397 g/mol. The van der Waals surface area contributed by atoms with E-state index in [9.17, 15) is 5.26 Å². The van der Waals surface area contributed by atoms with Gasteiger partial charge in [-0.05, 0) is 74.2 Å². The fraction of sp³-hybridized carbons (Fsp3) is 0.458.